The summed E-state index contributed by atoms with van der Waals surface area (Å²) in [6.07, 6.45) is 0.983. The van der Waals surface area contributed by atoms with Crippen LogP contribution in [0.25, 0.3) is 11.3 Å². The maximum Gasteiger partial charge on any atom is 0.222 e. The van der Waals surface area contributed by atoms with Crippen molar-refractivity contribution >= 4 is 5.88 Å². The molecule has 1 aromatic heterocycles. The summed E-state index contributed by atoms with van der Waals surface area (Å²) in [5.41, 5.74) is 8.66. The van der Waals surface area contributed by atoms with Crippen LogP contribution in [0.2, 0.25) is 0 Å². The van der Waals surface area contributed by atoms with Crippen molar-refractivity contribution in [1.29, 1.82) is 0 Å². The lowest BCUT2D eigenvalue weighted by molar-refractivity contribution is 0.406. The van der Waals surface area contributed by atoms with E-state index in [1.807, 2.05) is 6.07 Å². The fraction of sp³-hybridized carbons (Fsp3) is 0.400. The number of nitrogen functional groups attached to an aromatic ring is 1. The van der Waals surface area contributed by atoms with Gasteiger partial charge in [-0.15, -0.1) is 0 Å². The van der Waals surface area contributed by atoms with Gasteiger partial charge in [-0.05, 0) is 29.5 Å². The average molecular weight is 260 g/mol. The third-order valence-corrected chi connectivity index (χ3v) is 2.80. The molecule has 2 rings (SSSR count). The zero-order valence-electron chi connectivity index (χ0n) is 11.9. The fourth-order valence-electron chi connectivity index (χ4n) is 2.09. The van der Waals surface area contributed by atoms with Crippen LogP contribution in [0.1, 0.15) is 26.3 Å². The third-order valence-electron chi connectivity index (χ3n) is 2.80. The van der Waals surface area contributed by atoms with E-state index in [9.17, 15) is 0 Å². The molecule has 0 atom stereocenters. The maximum absolute atomic E-state index is 5.58. The molecule has 0 unspecified atom stereocenters. The van der Waals surface area contributed by atoms with Gasteiger partial charge >= 0.3 is 0 Å². The topological polar surface area (TPSA) is 61.3 Å². The van der Waals surface area contributed by atoms with Gasteiger partial charge in [0.2, 0.25) is 5.88 Å². The monoisotopic (exact) mass is 260 g/mol. The first-order chi connectivity index (χ1) is 8.89. The van der Waals surface area contributed by atoms with E-state index < -0.39 is 0 Å². The Bertz CT molecular complexity index is 568. The Morgan fingerprint density at radius 3 is 2.53 bits per heavy atom. The molecular weight excluding hydrogens is 240 g/mol. The van der Waals surface area contributed by atoms with Gasteiger partial charge in [0.15, 0.2) is 0 Å². The summed E-state index contributed by atoms with van der Waals surface area (Å²) in [6.45, 7) is 6.64. The molecule has 4 nitrogen and oxygen atoms in total. The van der Waals surface area contributed by atoms with Crippen LogP contribution in [0.4, 0.5) is 5.88 Å². The molecule has 0 amide bonds. The number of nitrogens with two attached hydrogens (primary N) is 1. The quantitative estimate of drug-likeness (QED) is 0.917. The largest absolute Gasteiger partial charge is 0.496 e. The van der Waals surface area contributed by atoms with Crippen LogP contribution in [-0.2, 0) is 6.42 Å². The van der Waals surface area contributed by atoms with Crippen LogP contribution < -0.4 is 10.5 Å². The van der Waals surface area contributed by atoms with Crippen molar-refractivity contribution in [2.45, 2.75) is 27.2 Å². The number of methoxy groups -OCH3 is 1. The lowest BCUT2D eigenvalue weighted by atomic mass is 9.87. The summed E-state index contributed by atoms with van der Waals surface area (Å²) < 4.78 is 10.3. The highest BCUT2D eigenvalue weighted by Crippen LogP contribution is 2.32. The van der Waals surface area contributed by atoms with Gasteiger partial charge < -0.3 is 15.0 Å². The van der Waals surface area contributed by atoms with E-state index in [0.29, 0.717) is 11.6 Å². The second kappa shape index (κ2) is 4.96. The van der Waals surface area contributed by atoms with E-state index in [2.05, 4.69) is 38.1 Å². The number of nitrogens with zero attached hydrogens (tertiary/aromatic N) is 1. The van der Waals surface area contributed by atoms with Crippen molar-refractivity contribution < 1.29 is 9.26 Å². The zero-order chi connectivity index (χ0) is 14.0. The molecule has 1 heterocycles. The standard InChI is InChI=1S/C15H20N2O2/c1-15(2,3)9-10-5-6-13(18-4)11(7-10)12-8-14(16)19-17-12/h5-8H,9,16H2,1-4H3. The molecule has 2 N–H and O–H groups in total. The molecule has 4 heteroatoms. The van der Waals surface area contributed by atoms with Crippen LogP contribution in [0, 0.1) is 5.41 Å². The Kier molecular flexibility index (Phi) is 3.51. The summed E-state index contributed by atoms with van der Waals surface area (Å²) in [5, 5.41) is 3.95. The van der Waals surface area contributed by atoms with Crippen LogP contribution in [0.15, 0.2) is 28.8 Å². The molecule has 0 spiro atoms. The number of rotatable bonds is 3. The molecule has 0 saturated heterocycles. The fourth-order valence-corrected chi connectivity index (χ4v) is 2.09. The van der Waals surface area contributed by atoms with Gasteiger partial charge in [-0.25, -0.2) is 0 Å². The van der Waals surface area contributed by atoms with E-state index in [1.165, 1.54) is 5.56 Å². The molecule has 0 aliphatic heterocycles. The Balaban J connectivity index is 2.42. The van der Waals surface area contributed by atoms with E-state index in [1.54, 1.807) is 13.2 Å². The molecule has 0 bridgehead atoms. The second-order valence-corrected chi connectivity index (χ2v) is 5.89. The minimum Gasteiger partial charge on any atom is -0.496 e. The van der Waals surface area contributed by atoms with Gasteiger partial charge in [-0.2, -0.15) is 0 Å². The highest BCUT2D eigenvalue weighted by atomic mass is 16.5. The lowest BCUT2D eigenvalue weighted by Crippen LogP contribution is -2.09. The Morgan fingerprint density at radius 1 is 1.26 bits per heavy atom. The number of hydrogen-bond donors (Lipinski definition) is 1. The SMILES string of the molecule is COc1ccc(CC(C)(C)C)cc1-c1cc(N)on1. The molecule has 0 fully saturated rings. The van der Waals surface area contributed by atoms with Gasteiger partial charge in [-0.1, -0.05) is 32.0 Å². The van der Waals surface area contributed by atoms with Crippen LogP contribution in [0.5, 0.6) is 5.75 Å². The van der Waals surface area contributed by atoms with E-state index in [-0.39, 0.29) is 5.41 Å². The number of benzene rings is 1. The first-order valence-electron chi connectivity index (χ1n) is 6.28. The normalized spacial score (nSPS) is 11.6. The minimum absolute atomic E-state index is 0.231. The van der Waals surface area contributed by atoms with Crippen molar-refractivity contribution in [2.24, 2.45) is 5.41 Å². The first kappa shape index (κ1) is 13.5. The van der Waals surface area contributed by atoms with Crippen LogP contribution in [0.3, 0.4) is 0 Å². The molecule has 102 valence electrons. The summed E-state index contributed by atoms with van der Waals surface area (Å²) in [6, 6.07) is 7.83. The van der Waals surface area contributed by atoms with Crippen molar-refractivity contribution in [2.75, 3.05) is 12.8 Å². The predicted molar refractivity (Wildman–Crippen MR) is 76.1 cm³/mol. The molecule has 0 radical (unpaired) electrons. The van der Waals surface area contributed by atoms with Crippen molar-refractivity contribution in [1.82, 2.24) is 5.16 Å². The third kappa shape index (κ3) is 3.28. The number of ether oxygens (including phenoxy) is 1. The Morgan fingerprint density at radius 2 is 2.00 bits per heavy atom. The van der Waals surface area contributed by atoms with Gasteiger partial charge in [0.25, 0.3) is 0 Å². The average Bonchev–Trinajstić information content (AvgIpc) is 2.73. The number of aromatic nitrogens is 1. The number of anilines is 1. The highest BCUT2D eigenvalue weighted by Gasteiger charge is 2.15. The van der Waals surface area contributed by atoms with Crippen molar-refractivity contribution in [3.63, 3.8) is 0 Å². The van der Waals surface area contributed by atoms with Crippen LogP contribution >= 0.6 is 0 Å². The van der Waals surface area contributed by atoms with Gasteiger partial charge in [0.1, 0.15) is 11.4 Å². The highest BCUT2D eigenvalue weighted by molar-refractivity contribution is 5.69. The number of hydrogen-bond acceptors (Lipinski definition) is 4. The molecular formula is C15H20N2O2. The summed E-state index contributed by atoms with van der Waals surface area (Å²) in [5.74, 6) is 1.07. The summed E-state index contributed by atoms with van der Waals surface area (Å²) in [7, 11) is 1.64. The van der Waals surface area contributed by atoms with Crippen LogP contribution in [-0.4, -0.2) is 12.3 Å². The molecule has 0 aliphatic rings. The van der Waals surface area contributed by atoms with E-state index >= 15 is 0 Å². The van der Waals surface area contributed by atoms with E-state index in [0.717, 1.165) is 17.7 Å². The second-order valence-electron chi connectivity index (χ2n) is 5.89. The zero-order valence-corrected chi connectivity index (χ0v) is 11.9. The summed E-state index contributed by atoms with van der Waals surface area (Å²) >= 11 is 0. The van der Waals surface area contributed by atoms with Gasteiger partial charge in [0.05, 0.1) is 7.11 Å². The van der Waals surface area contributed by atoms with Gasteiger partial charge in [-0.3, -0.25) is 0 Å². The van der Waals surface area contributed by atoms with Gasteiger partial charge in [0, 0.05) is 11.6 Å². The summed E-state index contributed by atoms with van der Waals surface area (Å²) in [4.78, 5) is 0. The molecule has 1 aromatic carbocycles. The smallest absolute Gasteiger partial charge is 0.222 e. The maximum atomic E-state index is 5.58. The molecule has 2 aromatic rings. The predicted octanol–water partition coefficient (Wildman–Crippen LogP) is 3.52. The van der Waals surface area contributed by atoms with E-state index in [4.69, 9.17) is 15.0 Å². The molecule has 19 heavy (non-hydrogen) atoms. The lowest BCUT2D eigenvalue weighted by Gasteiger charge is -2.19. The molecule has 0 aliphatic carbocycles. The molecule has 0 saturated carbocycles. The van der Waals surface area contributed by atoms with Crippen molar-refractivity contribution in [3.8, 4) is 17.0 Å². The Labute approximate surface area is 113 Å². The minimum atomic E-state index is 0.231. The first-order valence-corrected chi connectivity index (χ1v) is 6.28. The van der Waals surface area contributed by atoms with Crippen molar-refractivity contribution in [3.05, 3.63) is 29.8 Å². The Hall–Kier alpha value is -1.97.